The Kier molecular flexibility index (Phi) is 6.93. The van der Waals surface area contributed by atoms with Crippen LogP contribution >= 0.6 is 0 Å². The van der Waals surface area contributed by atoms with Crippen molar-refractivity contribution in [1.29, 1.82) is 5.26 Å². The molecule has 0 saturated heterocycles. The number of sulfonamides is 1. The maximum Gasteiger partial charge on any atom is 0.343 e. The molecule has 0 heterocycles. The second-order valence-electron chi connectivity index (χ2n) is 5.87. The van der Waals surface area contributed by atoms with Crippen molar-refractivity contribution in [2.45, 2.75) is 24.3 Å². The molecule has 1 atom stereocenters. The van der Waals surface area contributed by atoms with Gasteiger partial charge >= 0.3 is 5.97 Å². The van der Waals surface area contributed by atoms with Gasteiger partial charge in [-0.05, 0) is 55.3 Å². The molecule has 1 N–H and O–H groups in total. The topological polar surface area (TPSA) is 105 Å². The van der Waals surface area contributed by atoms with Gasteiger partial charge in [-0.3, -0.25) is 0 Å². The molecule has 1 unspecified atom stereocenters. The monoisotopic (exact) mass is 388 g/mol. The van der Waals surface area contributed by atoms with Crippen LogP contribution in [-0.2, 0) is 26.0 Å². The van der Waals surface area contributed by atoms with Gasteiger partial charge in [-0.25, -0.2) is 17.9 Å². The molecule has 2 aromatic carbocycles. The molecular formula is C19H20N2O5S. The van der Waals surface area contributed by atoms with Gasteiger partial charge in [-0.1, -0.05) is 12.1 Å². The number of hydrogen-bond donors (Lipinski definition) is 1. The summed E-state index contributed by atoms with van der Waals surface area (Å²) in [5.41, 5.74) is 1.31. The lowest BCUT2D eigenvalue weighted by molar-refractivity contribution is -0.142. The summed E-state index contributed by atoms with van der Waals surface area (Å²) in [5.74, 6) is 0.0554. The fraction of sp³-hybridized carbons (Fsp3) is 0.263. The lowest BCUT2D eigenvalue weighted by Crippen LogP contribution is -2.34. The molecule has 2 aromatic rings. The number of esters is 1. The average Bonchev–Trinajstić information content (AvgIpc) is 2.66. The Morgan fingerprint density at radius 1 is 1.15 bits per heavy atom. The molecule has 0 aliphatic rings. The molecular weight excluding hydrogens is 368 g/mol. The highest BCUT2D eigenvalue weighted by Gasteiger charge is 2.17. The fourth-order valence-electron chi connectivity index (χ4n) is 2.36. The molecule has 0 aliphatic heterocycles. The van der Waals surface area contributed by atoms with Crippen molar-refractivity contribution in [3.63, 3.8) is 0 Å². The van der Waals surface area contributed by atoms with E-state index in [-0.39, 0.29) is 17.5 Å². The molecule has 0 saturated carbocycles. The van der Waals surface area contributed by atoms with E-state index in [4.69, 9.17) is 10.00 Å². The number of methoxy groups -OCH3 is 1. The first-order valence-electron chi connectivity index (χ1n) is 8.15. The Morgan fingerprint density at radius 2 is 1.78 bits per heavy atom. The summed E-state index contributed by atoms with van der Waals surface area (Å²) >= 11 is 0. The van der Waals surface area contributed by atoms with Crippen molar-refractivity contribution in [1.82, 2.24) is 4.72 Å². The number of ether oxygens (including phenoxy) is 2. The summed E-state index contributed by atoms with van der Waals surface area (Å²) in [6.45, 7) is 1.60. The number of carbonyl (C=O) groups is 1. The Labute approximate surface area is 158 Å². The van der Waals surface area contributed by atoms with E-state index < -0.39 is 16.0 Å². The highest BCUT2D eigenvalue weighted by molar-refractivity contribution is 7.89. The number of carbonyl (C=O) groups excluding carboxylic acids is 1. The molecule has 0 spiro atoms. The van der Waals surface area contributed by atoms with E-state index in [0.29, 0.717) is 17.7 Å². The van der Waals surface area contributed by atoms with Gasteiger partial charge in [0.15, 0.2) is 6.61 Å². The second-order valence-corrected chi connectivity index (χ2v) is 7.59. The first-order valence-corrected chi connectivity index (χ1v) is 9.63. The molecule has 8 heteroatoms. The van der Waals surface area contributed by atoms with Crippen LogP contribution in [0.1, 0.15) is 18.1 Å². The Morgan fingerprint density at radius 3 is 2.33 bits per heavy atom. The smallest absolute Gasteiger partial charge is 0.343 e. The maximum absolute atomic E-state index is 12.4. The Hall–Kier alpha value is -2.89. The normalized spacial score (nSPS) is 12.0. The van der Waals surface area contributed by atoms with Crippen molar-refractivity contribution in [3.8, 4) is 11.8 Å². The van der Waals surface area contributed by atoms with Crippen LogP contribution in [0.15, 0.2) is 53.4 Å². The molecule has 142 valence electrons. The second kappa shape index (κ2) is 9.16. The van der Waals surface area contributed by atoms with Crippen LogP contribution in [-0.4, -0.2) is 34.1 Å². The largest absolute Gasteiger partial charge is 0.482 e. The molecule has 0 bridgehead atoms. The molecule has 0 fully saturated rings. The molecule has 0 radical (unpaired) electrons. The number of rotatable bonds is 8. The number of hydrogen-bond acceptors (Lipinski definition) is 6. The van der Waals surface area contributed by atoms with E-state index in [2.05, 4.69) is 9.46 Å². The quantitative estimate of drug-likeness (QED) is 0.694. The summed E-state index contributed by atoms with van der Waals surface area (Å²) in [6.07, 6.45) is 0.479. The average molecular weight is 388 g/mol. The van der Waals surface area contributed by atoms with Crippen molar-refractivity contribution in [2.75, 3.05) is 13.7 Å². The third kappa shape index (κ3) is 6.09. The highest BCUT2D eigenvalue weighted by atomic mass is 32.2. The van der Waals surface area contributed by atoms with Gasteiger partial charge in [0.05, 0.1) is 23.6 Å². The molecule has 0 aromatic heterocycles. The van der Waals surface area contributed by atoms with Gasteiger partial charge in [0.1, 0.15) is 5.75 Å². The van der Waals surface area contributed by atoms with Crippen LogP contribution in [0, 0.1) is 11.3 Å². The third-order valence-electron chi connectivity index (χ3n) is 3.70. The van der Waals surface area contributed by atoms with Crippen molar-refractivity contribution < 1.29 is 22.7 Å². The Balaban J connectivity index is 1.95. The van der Waals surface area contributed by atoms with Gasteiger partial charge in [0.25, 0.3) is 0 Å². The lowest BCUT2D eigenvalue weighted by atomic mass is 10.1. The van der Waals surface area contributed by atoms with E-state index in [0.717, 1.165) is 5.56 Å². The molecule has 0 aliphatic carbocycles. The van der Waals surface area contributed by atoms with Gasteiger partial charge < -0.3 is 9.47 Å². The van der Waals surface area contributed by atoms with Crippen LogP contribution in [0.25, 0.3) is 0 Å². The summed E-state index contributed by atoms with van der Waals surface area (Å²) in [7, 11) is -2.38. The van der Waals surface area contributed by atoms with E-state index >= 15 is 0 Å². The SMILES string of the molecule is COC(=O)COc1ccc(CC(C)NS(=O)(=O)c2ccc(C#N)cc2)cc1. The first kappa shape index (κ1) is 20.4. The van der Waals surface area contributed by atoms with Crippen molar-refractivity contribution >= 4 is 16.0 Å². The van der Waals surface area contributed by atoms with E-state index in [1.165, 1.54) is 31.4 Å². The summed E-state index contributed by atoms with van der Waals surface area (Å²) in [5, 5.41) is 8.79. The van der Waals surface area contributed by atoms with Crippen LogP contribution in [0.3, 0.4) is 0 Å². The lowest BCUT2D eigenvalue weighted by Gasteiger charge is -2.15. The number of nitrogens with zero attached hydrogens (tertiary/aromatic N) is 1. The zero-order valence-electron chi connectivity index (χ0n) is 15.0. The number of nitrogens with one attached hydrogen (secondary N) is 1. The minimum absolute atomic E-state index is 0.111. The molecule has 27 heavy (non-hydrogen) atoms. The van der Waals surface area contributed by atoms with Crippen LogP contribution in [0.2, 0.25) is 0 Å². The van der Waals surface area contributed by atoms with Crippen molar-refractivity contribution in [2.24, 2.45) is 0 Å². The summed E-state index contributed by atoms with van der Waals surface area (Å²) in [6, 6.07) is 14.4. The van der Waals surface area contributed by atoms with Gasteiger partial charge in [0.2, 0.25) is 10.0 Å². The minimum Gasteiger partial charge on any atom is -0.482 e. The molecule has 2 rings (SSSR count). The van der Waals surface area contributed by atoms with Crippen molar-refractivity contribution in [3.05, 3.63) is 59.7 Å². The zero-order valence-corrected chi connectivity index (χ0v) is 15.8. The molecule has 7 nitrogen and oxygen atoms in total. The highest BCUT2D eigenvalue weighted by Crippen LogP contribution is 2.15. The Bertz CT molecular complexity index is 916. The number of nitriles is 1. The van der Waals surface area contributed by atoms with Gasteiger partial charge in [-0.2, -0.15) is 5.26 Å². The zero-order chi connectivity index (χ0) is 19.9. The van der Waals surface area contributed by atoms with E-state index in [9.17, 15) is 13.2 Å². The van der Waals surface area contributed by atoms with Gasteiger partial charge in [0, 0.05) is 6.04 Å². The van der Waals surface area contributed by atoms with Crippen LogP contribution < -0.4 is 9.46 Å². The summed E-state index contributed by atoms with van der Waals surface area (Å²) < 4.78 is 37.2. The molecule has 0 amide bonds. The first-order chi connectivity index (χ1) is 12.8. The predicted molar refractivity (Wildman–Crippen MR) is 98.6 cm³/mol. The van der Waals surface area contributed by atoms with Crippen LogP contribution in [0.5, 0.6) is 5.75 Å². The van der Waals surface area contributed by atoms with Gasteiger partial charge in [-0.15, -0.1) is 0 Å². The minimum atomic E-state index is -3.67. The standard InChI is InChI=1S/C19H20N2O5S/c1-14(21-27(23,24)18-9-5-16(12-20)6-10-18)11-15-3-7-17(8-4-15)26-13-19(22)25-2/h3-10,14,21H,11,13H2,1-2H3. The summed E-state index contributed by atoms with van der Waals surface area (Å²) in [4.78, 5) is 11.2. The van der Waals surface area contributed by atoms with E-state index in [1.807, 2.05) is 6.07 Å². The number of benzene rings is 2. The third-order valence-corrected chi connectivity index (χ3v) is 5.31. The predicted octanol–water partition coefficient (Wildman–Crippen LogP) is 2.02. The van der Waals surface area contributed by atoms with Crippen LogP contribution in [0.4, 0.5) is 0 Å². The van der Waals surface area contributed by atoms with E-state index in [1.54, 1.807) is 31.2 Å². The fourth-order valence-corrected chi connectivity index (χ4v) is 3.60. The maximum atomic E-state index is 12.4.